The molecule has 1 saturated heterocycles. The van der Waals surface area contributed by atoms with Crippen LogP contribution in [-0.2, 0) is 11.2 Å². The van der Waals surface area contributed by atoms with Crippen molar-refractivity contribution >= 4 is 0 Å². The molecule has 1 heterocycles. The third-order valence-corrected chi connectivity index (χ3v) is 3.72. The van der Waals surface area contributed by atoms with Crippen LogP contribution in [0.4, 0.5) is 0 Å². The van der Waals surface area contributed by atoms with Crippen LogP contribution in [-0.4, -0.2) is 57.6 Å². The van der Waals surface area contributed by atoms with Gasteiger partial charge in [-0.15, -0.1) is 0 Å². The highest BCUT2D eigenvalue weighted by atomic mass is 16.5. The van der Waals surface area contributed by atoms with Crippen molar-refractivity contribution in [1.29, 1.82) is 0 Å². The van der Waals surface area contributed by atoms with Crippen LogP contribution >= 0.6 is 0 Å². The average molecular weight is 282 g/mol. The van der Waals surface area contributed by atoms with Crippen LogP contribution in [0, 0.1) is 0 Å². The fourth-order valence-corrected chi connectivity index (χ4v) is 2.44. The minimum atomic E-state index is -1.21. The van der Waals surface area contributed by atoms with Crippen molar-refractivity contribution in [1.82, 2.24) is 0 Å². The van der Waals surface area contributed by atoms with E-state index in [0.29, 0.717) is 6.42 Å². The Morgan fingerprint density at radius 2 is 1.80 bits per heavy atom. The van der Waals surface area contributed by atoms with E-state index in [4.69, 9.17) is 4.74 Å². The van der Waals surface area contributed by atoms with Crippen molar-refractivity contribution in [2.75, 3.05) is 6.61 Å². The summed E-state index contributed by atoms with van der Waals surface area (Å²) in [5, 5.41) is 38.7. The third kappa shape index (κ3) is 4.01. The van der Waals surface area contributed by atoms with E-state index in [1.807, 2.05) is 30.3 Å². The lowest BCUT2D eigenvalue weighted by Crippen LogP contribution is -2.53. The molecule has 0 aromatic heterocycles. The van der Waals surface area contributed by atoms with Gasteiger partial charge >= 0.3 is 0 Å². The zero-order valence-corrected chi connectivity index (χ0v) is 11.3. The van der Waals surface area contributed by atoms with Crippen LogP contribution in [0.5, 0.6) is 0 Å². The predicted octanol–water partition coefficient (Wildman–Crippen LogP) is -0.148. The van der Waals surface area contributed by atoms with E-state index in [-0.39, 0.29) is 13.0 Å². The first-order chi connectivity index (χ1) is 9.58. The molecular formula is C15H22O5. The molecule has 1 fully saturated rings. The Labute approximate surface area is 118 Å². The minimum absolute atomic E-state index is 0.0195. The highest BCUT2D eigenvalue weighted by Crippen LogP contribution is 2.20. The summed E-state index contributed by atoms with van der Waals surface area (Å²) in [6, 6.07) is 9.84. The first-order valence-corrected chi connectivity index (χ1v) is 6.95. The van der Waals surface area contributed by atoms with Crippen molar-refractivity contribution in [3.63, 3.8) is 0 Å². The molecule has 0 spiro atoms. The van der Waals surface area contributed by atoms with E-state index >= 15 is 0 Å². The maximum absolute atomic E-state index is 10.00. The summed E-state index contributed by atoms with van der Waals surface area (Å²) in [6.45, 7) is -0.0195. The van der Waals surface area contributed by atoms with Gasteiger partial charge in [-0.05, 0) is 18.4 Å². The van der Waals surface area contributed by atoms with Gasteiger partial charge in [-0.2, -0.15) is 0 Å². The van der Waals surface area contributed by atoms with Gasteiger partial charge in [0, 0.05) is 6.42 Å². The molecule has 20 heavy (non-hydrogen) atoms. The molecule has 0 radical (unpaired) electrons. The molecule has 112 valence electrons. The Hall–Kier alpha value is -0.980. The molecule has 5 atom stereocenters. The topological polar surface area (TPSA) is 90.2 Å². The Morgan fingerprint density at radius 3 is 2.50 bits per heavy atom. The number of ether oxygens (including phenoxy) is 1. The summed E-state index contributed by atoms with van der Waals surface area (Å²) >= 11 is 0. The molecule has 1 aromatic carbocycles. The summed E-state index contributed by atoms with van der Waals surface area (Å²) in [5.74, 6) is 0. The first-order valence-electron chi connectivity index (χ1n) is 6.95. The van der Waals surface area contributed by atoms with Gasteiger partial charge in [0.1, 0.15) is 18.3 Å². The predicted molar refractivity (Wildman–Crippen MR) is 73.1 cm³/mol. The van der Waals surface area contributed by atoms with E-state index in [9.17, 15) is 20.4 Å². The molecule has 4 N–H and O–H groups in total. The van der Waals surface area contributed by atoms with Gasteiger partial charge in [-0.25, -0.2) is 0 Å². The number of rotatable bonds is 5. The molecule has 5 nitrogen and oxygen atoms in total. The smallest absolute Gasteiger partial charge is 0.111 e. The Bertz CT molecular complexity index is 397. The van der Waals surface area contributed by atoms with Crippen LogP contribution in [0.25, 0.3) is 0 Å². The average Bonchev–Trinajstić information content (AvgIpc) is 2.47. The molecule has 0 aliphatic carbocycles. The zero-order chi connectivity index (χ0) is 14.5. The fraction of sp³-hybridized carbons (Fsp3) is 0.600. The minimum Gasteiger partial charge on any atom is -0.393 e. The van der Waals surface area contributed by atoms with Gasteiger partial charge in [-0.3, -0.25) is 0 Å². The van der Waals surface area contributed by atoms with Crippen LogP contribution in [0.2, 0.25) is 0 Å². The standard InChI is InChI=1S/C15H22O5/c16-11(7-6-10-4-2-1-3-5-10)8-13-15(19)14(18)12(17)9-20-13/h1-5,11-19H,6-9H2/t11?,12-,13+,14+,15+/m1/s1. The largest absolute Gasteiger partial charge is 0.393 e. The van der Waals surface area contributed by atoms with Crippen LogP contribution in [0.15, 0.2) is 30.3 Å². The van der Waals surface area contributed by atoms with E-state index in [1.54, 1.807) is 0 Å². The van der Waals surface area contributed by atoms with Crippen LogP contribution < -0.4 is 0 Å². The number of aryl methyl sites for hydroxylation is 1. The molecule has 0 bridgehead atoms. The maximum Gasteiger partial charge on any atom is 0.111 e. The Balaban J connectivity index is 1.78. The molecule has 0 saturated carbocycles. The van der Waals surface area contributed by atoms with Crippen molar-refractivity contribution in [2.24, 2.45) is 0 Å². The van der Waals surface area contributed by atoms with Gasteiger partial charge in [0.15, 0.2) is 0 Å². The Morgan fingerprint density at radius 1 is 1.10 bits per heavy atom. The van der Waals surface area contributed by atoms with E-state index < -0.39 is 30.5 Å². The number of hydrogen-bond acceptors (Lipinski definition) is 5. The number of benzene rings is 1. The van der Waals surface area contributed by atoms with Crippen molar-refractivity contribution < 1.29 is 25.2 Å². The van der Waals surface area contributed by atoms with Crippen LogP contribution in [0.1, 0.15) is 18.4 Å². The highest BCUT2D eigenvalue weighted by Gasteiger charge is 2.38. The normalized spacial score (nSPS) is 32.0. The van der Waals surface area contributed by atoms with Gasteiger partial charge in [0.05, 0.1) is 18.8 Å². The number of hydrogen-bond donors (Lipinski definition) is 4. The summed E-state index contributed by atoms with van der Waals surface area (Å²) in [6.07, 6.45) is -3.14. The van der Waals surface area contributed by atoms with Gasteiger partial charge in [0.2, 0.25) is 0 Å². The van der Waals surface area contributed by atoms with Crippen molar-refractivity contribution in [3.8, 4) is 0 Å². The zero-order valence-electron chi connectivity index (χ0n) is 11.3. The monoisotopic (exact) mass is 282 g/mol. The van der Waals surface area contributed by atoms with Gasteiger partial charge < -0.3 is 25.2 Å². The van der Waals surface area contributed by atoms with E-state index in [2.05, 4.69) is 0 Å². The second-order valence-electron chi connectivity index (χ2n) is 5.33. The summed E-state index contributed by atoms with van der Waals surface area (Å²) in [5.41, 5.74) is 1.15. The lowest BCUT2D eigenvalue weighted by molar-refractivity contribution is -0.193. The van der Waals surface area contributed by atoms with E-state index in [0.717, 1.165) is 12.0 Å². The summed E-state index contributed by atoms with van der Waals surface area (Å²) in [4.78, 5) is 0. The first kappa shape index (κ1) is 15.4. The summed E-state index contributed by atoms with van der Waals surface area (Å²) < 4.78 is 5.28. The van der Waals surface area contributed by atoms with Gasteiger partial charge in [-0.1, -0.05) is 30.3 Å². The molecule has 2 rings (SSSR count). The van der Waals surface area contributed by atoms with Gasteiger partial charge in [0.25, 0.3) is 0 Å². The van der Waals surface area contributed by atoms with Crippen molar-refractivity contribution in [2.45, 2.75) is 49.8 Å². The molecule has 1 unspecified atom stereocenters. The second kappa shape index (κ2) is 7.15. The van der Waals surface area contributed by atoms with Crippen molar-refractivity contribution in [3.05, 3.63) is 35.9 Å². The quantitative estimate of drug-likeness (QED) is 0.603. The third-order valence-electron chi connectivity index (χ3n) is 3.72. The molecule has 1 aromatic rings. The molecule has 0 amide bonds. The highest BCUT2D eigenvalue weighted by molar-refractivity contribution is 5.14. The number of aliphatic hydroxyl groups is 4. The maximum atomic E-state index is 10.00. The molecule has 1 aliphatic rings. The second-order valence-corrected chi connectivity index (χ2v) is 5.33. The van der Waals surface area contributed by atoms with Crippen LogP contribution in [0.3, 0.4) is 0 Å². The summed E-state index contributed by atoms with van der Waals surface area (Å²) in [7, 11) is 0. The Kier molecular flexibility index (Phi) is 5.51. The number of aliphatic hydroxyl groups excluding tert-OH is 4. The molecule has 1 aliphatic heterocycles. The molecular weight excluding hydrogens is 260 g/mol. The fourth-order valence-electron chi connectivity index (χ4n) is 2.44. The van der Waals surface area contributed by atoms with E-state index in [1.165, 1.54) is 0 Å². The SMILES string of the molecule is OC(CCc1ccccc1)C[C@@H]1OC[C@@H](O)[C@H](O)[C@H]1O. The molecule has 5 heteroatoms. The lowest BCUT2D eigenvalue weighted by Gasteiger charge is -2.36. The lowest BCUT2D eigenvalue weighted by atomic mass is 9.94.